The Morgan fingerprint density at radius 3 is 2.54 bits per heavy atom. The summed E-state index contributed by atoms with van der Waals surface area (Å²) >= 11 is 5.05. The largest absolute Gasteiger partial charge is 0.462 e. The lowest BCUT2D eigenvalue weighted by molar-refractivity contribution is 0.0525. The van der Waals surface area contributed by atoms with Crippen LogP contribution in [0.3, 0.4) is 0 Å². The third-order valence-electron chi connectivity index (χ3n) is 4.23. The van der Waals surface area contributed by atoms with Gasteiger partial charge in [0.25, 0.3) is 5.91 Å². The number of ether oxygens (including phenoxy) is 1. The molecule has 1 amide bonds. The molecule has 0 unspecified atom stereocenters. The number of carbonyl (C=O) groups excluding carboxylic acids is 2. The molecule has 0 N–H and O–H groups in total. The number of esters is 1. The maximum absolute atomic E-state index is 12.7. The van der Waals surface area contributed by atoms with Crippen LogP contribution in [-0.2, 0) is 11.3 Å². The lowest BCUT2D eigenvalue weighted by Gasteiger charge is -2.16. The van der Waals surface area contributed by atoms with Crippen molar-refractivity contribution in [2.45, 2.75) is 20.4 Å². The first-order valence-electron chi connectivity index (χ1n) is 8.72. The number of hydrogen-bond acceptors (Lipinski definition) is 5. The maximum Gasteiger partial charge on any atom is 0.341 e. The molecule has 0 saturated heterocycles. The molecule has 28 heavy (non-hydrogen) atoms. The first-order chi connectivity index (χ1) is 13.4. The molecular formula is C20H20BrN3O3S. The molecule has 0 aliphatic rings. The number of amides is 1. The quantitative estimate of drug-likeness (QED) is 0.508. The fraction of sp³-hybridized carbons (Fsp3) is 0.250. The molecule has 0 radical (unpaired) electrons. The van der Waals surface area contributed by atoms with Gasteiger partial charge in [-0.3, -0.25) is 4.79 Å². The van der Waals surface area contributed by atoms with Gasteiger partial charge in [-0.2, -0.15) is 5.10 Å². The zero-order valence-corrected chi connectivity index (χ0v) is 18.2. The Bertz CT molecular complexity index is 995. The lowest BCUT2D eigenvalue weighted by atomic mass is 10.1. The molecule has 0 atom stereocenters. The standard InChI is InChI=1S/C20H20BrN3O3S/c1-4-27-20(26)17-11-22-24(13(17)2)15-7-5-14(6-8-15)19(25)23(3)12-16-9-10-18(21)28-16/h5-11H,4,12H2,1-3H3. The van der Waals surface area contributed by atoms with Crippen LogP contribution in [0, 0.1) is 6.92 Å². The molecule has 8 heteroatoms. The van der Waals surface area contributed by atoms with Crippen molar-refractivity contribution in [1.82, 2.24) is 14.7 Å². The third-order valence-corrected chi connectivity index (χ3v) is 5.84. The number of hydrogen-bond donors (Lipinski definition) is 0. The van der Waals surface area contributed by atoms with Gasteiger partial charge < -0.3 is 9.64 Å². The predicted octanol–water partition coefficient (Wildman–Crippen LogP) is 4.45. The molecule has 0 fully saturated rings. The summed E-state index contributed by atoms with van der Waals surface area (Å²) in [5.74, 6) is -0.444. The molecule has 3 aromatic rings. The van der Waals surface area contributed by atoms with E-state index in [1.54, 1.807) is 47.0 Å². The Morgan fingerprint density at radius 2 is 1.93 bits per heavy atom. The van der Waals surface area contributed by atoms with Gasteiger partial charge in [0, 0.05) is 17.5 Å². The number of benzene rings is 1. The summed E-state index contributed by atoms with van der Waals surface area (Å²) in [5, 5.41) is 4.27. The Labute approximate surface area is 175 Å². The number of rotatable bonds is 6. The summed E-state index contributed by atoms with van der Waals surface area (Å²) in [5.41, 5.74) is 2.49. The highest BCUT2D eigenvalue weighted by atomic mass is 79.9. The van der Waals surface area contributed by atoms with Crippen molar-refractivity contribution in [3.8, 4) is 5.69 Å². The first kappa shape index (κ1) is 20.3. The lowest BCUT2D eigenvalue weighted by Crippen LogP contribution is -2.25. The van der Waals surface area contributed by atoms with Crippen LogP contribution < -0.4 is 0 Å². The summed E-state index contributed by atoms with van der Waals surface area (Å²) in [6.45, 7) is 4.45. The zero-order chi connectivity index (χ0) is 20.3. The van der Waals surface area contributed by atoms with Crippen LogP contribution in [0.1, 0.15) is 38.2 Å². The van der Waals surface area contributed by atoms with Gasteiger partial charge in [0.05, 0.1) is 34.5 Å². The van der Waals surface area contributed by atoms with Gasteiger partial charge in [-0.15, -0.1) is 11.3 Å². The van der Waals surface area contributed by atoms with E-state index in [0.717, 1.165) is 14.4 Å². The molecule has 2 aromatic heterocycles. The Balaban J connectivity index is 1.74. The second-order valence-electron chi connectivity index (χ2n) is 6.19. The van der Waals surface area contributed by atoms with Crippen molar-refractivity contribution < 1.29 is 14.3 Å². The number of halogens is 1. The van der Waals surface area contributed by atoms with Gasteiger partial charge in [0.2, 0.25) is 0 Å². The van der Waals surface area contributed by atoms with E-state index in [4.69, 9.17) is 4.74 Å². The van der Waals surface area contributed by atoms with Gasteiger partial charge >= 0.3 is 5.97 Å². The molecule has 0 saturated carbocycles. The van der Waals surface area contributed by atoms with Crippen molar-refractivity contribution in [2.24, 2.45) is 0 Å². The molecule has 0 aliphatic carbocycles. The SMILES string of the molecule is CCOC(=O)c1cnn(-c2ccc(C(=O)N(C)Cc3ccc(Br)s3)cc2)c1C. The molecule has 2 heterocycles. The summed E-state index contributed by atoms with van der Waals surface area (Å²) in [4.78, 5) is 27.4. The molecule has 6 nitrogen and oxygen atoms in total. The van der Waals surface area contributed by atoms with Crippen LogP contribution in [-0.4, -0.2) is 40.2 Å². The monoisotopic (exact) mass is 461 g/mol. The van der Waals surface area contributed by atoms with E-state index in [-0.39, 0.29) is 11.9 Å². The van der Waals surface area contributed by atoms with Gasteiger partial charge in [-0.05, 0) is 66.2 Å². The van der Waals surface area contributed by atoms with E-state index in [0.29, 0.717) is 30.0 Å². The molecule has 1 aromatic carbocycles. The summed E-state index contributed by atoms with van der Waals surface area (Å²) in [6, 6.07) is 11.1. The molecule has 0 spiro atoms. The van der Waals surface area contributed by atoms with Crippen molar-refractivity contribution in [3.63, 3.8) is 0 Å². The Hall–Kier alpha value is -2.45. The van der Waals surface area contributed by atoms with Crippen molar-refractivity contribution in [3.05, 3.63) is 68.1 Å². The van der Waals surface area contributed by atoms with E-state index in [1.807, 2.05) is 31.2 Å². The third kappa shape index (κ3) is 4.34. The topological polar surface area (TPSA) is 64.4 Å². The van der Waals surface area contributed by atoms with E-state index < -0.39 is 0 Å². The number of nitrogens with zero attached hydrogens (tertiary/aromatic N) is 3. The number of aromatic nitrogens is 2. The highest BCUT2D eigenvalue weighted by Crippen LogP contribution is 2.23. The van der Waals surface area contributed by atoms with Crippen LogP contribution in [0.15, 0.2) is 46.4 Å². The minimum Gasteiger partial charge on any atom is -0.462 e. The van der Waals surface area contributed by atoms with Gasteiger partial charge in [-0.25, -0.2) is 9.48 Å². The van der Waals surface area contributed by atoms with Gasteiger partial charge in [-0.1, -0.05) is 0 Å². The molecule has 3 rings (SSSR count). The molecule has 0 aliphatic heterocycles. The minimum atomic E-state index is -0.389. The van der Waals surface area contributed by atoms with Gasteiger partial charge in [0.1, 0.15) is 5.56 Å². The van der Waals surface area contributed by atoms with E-state index in [1.165, 1.54) is 6.20 Å². The van der Waals surface area contributed by atoms with Crippen LogP contribution in [0.25, 0.3) is 5.69 Å². The summed E-state index contributed by atoms with van der Waals surface area (Å²) < 4.78 is 7.75. The molecule has 146 valence electrons. The molecule has 0 bridgehead atoms. The normalized spacial score (nSPS) is 10.7. The van der Waals surface area contributed by atoms with Crippen molar-refractivity contribution in [2.75, 3.05) is 13.7 Å². The average Bonchev–Trinajstić information content (AvgIpc) is 3.26. The minimum absolute atomic E-state index is 0.0551. The molecular weight excluding hydrogens is 442 g/mol. The van der Waals surface area contributed by atoms with Crippen molar-refractivity contribution >= 4 is 39.1 Å². The second kappa shape index (κ2) is 8.70. The highest BCUT2D eigenvalue weighted by Gasteiger charge is 2.17. The predicted molar refractivity (Wildman–Crippen MR) is 112 cm³/mol. The average molecular weight is 462 g/mol. The smallest absolute Gasteiger partial charge is 0.341 e. The van der Waals surface area contributed by atoms with Crippen LogP contribution in [0.5, 0.6) is 0 Å². The first-order valence-corrected chi connectivity index (χ1v) is 10.3. The Kier molecular flexibility index (Phi) is 6.31. The zero-order valence-electron chi connectivity index (χ0n) is 15.8. The summed E-state index contributed by atoms with van der Waals surface area (Å²) in [6.07, 6.45) is 1.50. The summed E-state index contributed by atoms with van der Waals surface area (Å²) in [7, 11) is 1.78. The van der Waals surface area contributed by atoms with Crippen LogP contribution in [0.4, 0.5) is 0 Å². The van der Waals surface area contributed by atoms with Crippen LogP contribution in [0.2, 0.25) is 0 Å². The highest BCUT2D eigenvalue weighted by molar-refractivity contribution is 9.11. The second-order valence-corrected chi connectivity index (χ2v) is 8.74. The van der Waals surface area contributed by atoms with Gasteiger partial charge in [0.15, 0.2) is 0 Å². The fourth-order valence-electron chi connectivity index (χ4n) is 2.79. The van der Waals surface area contributed by atoms with Crippen molar-refractivity contribution in [1.29, 1.82) is 0 Å². The maximum atomic E-state index is 12.7. The number of carbonyl (C=O) groups is 2. The van der Waals surface area contributed by atoms with E-state index in [9.17, 15) is 9.59 Å². The van der Waals surface area contributed by atoms with E-state index in [2.05, 4.69) is 21.0 Å². The van der Waals surface area contributed by atoms with E-state index >= 15 is 0 Å². The van der Waals surface area contributed by atoms with Crippen LogP contribution >= 0.6 is 27.3 Å². The fourth-order valence-corrected chi connectivity index (χ4v) is 4.32. The Morgan fingerprint density at radius 1 is 1.21 bits per heavy atom. The number of thiophene rings is 1.